The van der Waals surface area contributed by atoms with Crippen LogP contribution in [-0.2, 0) is 4.79 Å². The van der Waals surface area contributed by atoms with Crippen molar-refractivity contribution in [2.45, 2.75) is 19.9 Å². The van der Waals surface area contributed by atoms with Gasteiger partial charge in [0.05, 0.1) is 0 Å². The Hall–Kier alpha value is -1.39. The van der Waals surface area contributed by atoms with E-state index in [-0.39, 0.29) is 0 Å². The van der Waals surface area contributed by atoms with Gasteiger partial charge in [-0.1, -0.05) is 17.7 Å². The maximum atomic E-state index is 11.0. The Balaban J connectivity index is 2.72. The molecule has 1 atom stereocenters. The Morgan fingerprint density at radius 1 is 1.44 bits per heavy atom. The summed E-state index contributed by atoms with van der Waals surface area (Å²) < 4.78 is 1.09. The normalized spacial score (nSPS) is 12.9. The number of thiophene rings is 1. The fraction of sp³-hybridized carbons (Fsp3) is 0.250. The van der Waals surface area contributed by atoms with Crippen molar-refractivity contribution < 1.29 is 9.90 Å². The minimum Gasteiger partial charge on any atom is -0.480 e. The lowest BCUT2D eigenvalue weighted by atomic mass is 10.0. The zero-order valence-corrected chi connectivity index (χ0v) is 9.97. The summed E-state index contributed by atoms with van der Waals surface area (Å²) in [7, 11) is 0. The van der Waals surface area contributed by atoms with Gasteiger partial charge in [0, 0.05) is 15.1 Å². The highest BCUT2D eigenvalue weighted by atomic mass is 32.1. The van der Waals surface area contributed by atoms with Crippen molar-refractivity contribution in [2.24, 2.45) is 5.73 Å². The zero-order valence-electron chi connectivity index (χ0n) is 9.15. The molecule has 0 radical (unpaired) electrons. The molecular weight excluding hydrogens is 222 g/mol. The summed E-state index contributed by atoms with van der Waals surface area (Å²) in [6, 6.07) is 5.10. The van der Waals surface area contributed by atoms with E-state index < -0.39 is 12.0 Å². The van der Waals surface area contributed by atoms with Crippen LogP contribution in [0.25, 0.3) is 10.1 Å². The Morgan fingerprint density at radius 3 is 2.75 bits per heavy atom. The van der Waals surface area contributed by atoms with E-state index in [9.17, 15) is 4.79 Å². The van der Waals surface area contributed by atoms with Crippen LogP contribution in [0.5, 0.6) is 0 Å². The predicted molar refractivity (Wildman–Crippen MR) is 65.9 cm³/mol. The van der Waals surface area contributed by atoms with Gasteiger partial charge in [-0.25, -0.2) is 0 Å². The summed E-state index contributed by atoms with van der Waals surface area (Å²) in [5.41, 5.74) is 7.57. The standard InChI is InChI=1S/C12H13NO2S/c1-6-3-4-9-8(5-6)10(7(2)16-9)11(13)12(14)15/h3-5,11H,13H2,1-2H3,(H,14,15). The van der Waals surface area contributed by atoms with Crippen LogP contribution in [0, 0.1) is 13.8 Å². The number of carboxylic acid groups (broad SMARTS) is 1. The minimum absolute atomic E-state index is 0.746. The third-order valence-electron chi connectivity index (χ3n) is 2.64. The number of fused-ring (bicyclic) bond motifs is 1. The van der Waals surface area contributed by atoms with Crippen molar-refractivity contribution >= 4 is 27.4 Å². The first kappa shape index (κ1) is 11.1. The summed E-state index contributed by atoms with van der Waals surface area (Å²) in [4.78, 5) is 11.9. The lowest BCUT2D eigenvalue weighted by Gasteiger charge is -2.07. The maximum Gasteiger partial charge on any atom is 0.325 e. The van der Waals surface area contributed by atoms with Gasteiger partial charge in [0.2, 0.25) is 0 Å². The second-order valence-corrected chi connectivity index (χ2v) is 5.14. The van der Waals surface area contributed by atoms with Gasteiger partial charge in [-0.05, 0) is 25.3 Å². The summed E-state index contributed by atoms with van der Waals surface area (Å²) in [5, 5.41) is 9.96. The molecule has 0 bridgehead atoms. The molecule has 3 N–H and O–H groups in total. The van der Waals surface area contributed by atoms with E-state index in [4.69, 9.17) is 10.8 Å². The fourth-order valence-electron chi connectivity index (χ4n) is 1.86. The number of carboxylic acids is 1. The summed E-state index contributed by atoms with van der Waals surface area (Å²) >= 11 is 1.59. The van der Waals surface area contributed by atoms with Crippen molar-refractivity contribution in [3.05, 3.63) is 34.2 Å². The predicted octanol–water partition coefficient (Wildman–Crippen LogP) is 2.60. The fourth-order valence-corrected chi connectivity index (χ4v) is 2.95. The third kappa shape index (κ3) is 1.70. The molecule has 0 aliphatic heterocycles. The van der Waals surface area contributed by atoms with Gasteiger partial charge < -0.3 is 10.8 Å². The number of rotatable bonds is 2. The molecule has 2 aromatic rings. The topological polar surface area (TPSA) is 63.3 Å². The molecule has 1 aromatic heterocycles. The molecule has 3 nitrogen and oxygen atoms in total. The van der Waals surface area contributed by atoms with Crippen LogP contribution < -0.4 is 5.73 Å². The van der Waals surface area contributed by atoms with Crippen molar-refractivity contribution in [2.75, 3.05) is 0 Å². The molecule has 1 heterocycles. The van der Waals surface area contributed by atoms with E-state index >= 15 is 0 Å². The quantitative estimate of drug-likeness (QED) is 0.841. The van der Waals surface area contributed by atoms with Crippen LogP contribution in [0.3, 0.4) is 0 Å². The molecule has 16 heavy (non-hydrogen) atoms. The molecule has 0 amide bonds. The van der Waals surface area contributed by atoms with Gasteiger partial charge in [-0.3, -0.25) is 4.79 Å². The van der Waals surface area contributed by atoms with Crippen molar-refractivity contribution in [3.63, 3.8) is 0 Å². The monoisotopic (exact) mass is 235 g/mol. The summed E-state index contributed by atoms with van der Waals surface area (Å²) in [6.45, 7) is 3.90. The number of hydrogen-bond acceptors (Lipinski definition) is 3. The van der Waals surface area contributed by atoms with Gasteiger partial charge in [0.25, 0.3) is 0 Å². The van der Waals surface area contributed by atoms with Crippen molar-refractivity contribution in [1.29, 1.82) is 0 Å². The van der Waals surface area contributed by atoms with Crippen LogP contribution in [0.2, 0.25) is 0 Å². The first-order chi connectivity index (χ1) is 7.50. The number of aliphatic carboxylic acids is 1. The highest BCUT2D eigenvalue weighted by Crippen LogP contribution is 2.34. The Morgan fingerprint density at radius 2 is 2.12 bits per heavy atom. The zero-order chi connectivity index (χ0) is 11.9. The average molecular weight is 235 g/mol. The maximum absolute atomic E-state index is 11.0. The summed E-state index contributed by atoms with van der Waals surface area (Å²) in [6.07, 6.45) is 0. The molecule has 4 heteroatoms. The van der Waals surface area contributed by atoms with Gasteiger partial charge in [-0.2, -0.15) is 0 Å². The molecule has 1 aromatic carbocycles. The Kier molecular flexibility index (Phi) is 2.69. The molecular formula is C12H13NO2S. The molecule has 0 spiro atoms. The van der Waals surface area contributed by atoms with Crippen LogP contribution in [-0.4, -0.2) is 11.1 Å². The molecule has 1 unspecified atom stereocenters. The molecule has 0 aliphatic rings. The van der Waals surface area contributed by atoms with Gasteiger partial charge >= 0.3 is 5.97 Å². The van der Waals surface area contributed by atoms with Gasteiger partial charge in [0.1, 0.15) is 6.04 Å². The van der Waals surface area contributed by atoms with Crippen LogP contribution in [0.4, 0.5) is 0 Å². The largest absolute Gasteiger partial charge is 0.480 e. The highest BCUT2D eigenvalue weighted by molar-refractivity contribution is 7.19. The Labute approximate surface area is 97.5 Å². The van der Waals surface area contributed by atoms with E-state index in [0.717, 1.165) is 26.1 Å². The number of carbonyl (C=O) groups is 1. The molecule has 0 aliphatic carbocycles. The van der Waals surface area contributed by atoms with E-state index in [2.05, 4.69) is 0 Å². The average Bonchev–Trinajstić information content (AvgIpc) is 2.52. The van der Waals surface area contributed by atoms with Gasteiger partial charge in [-0.15, -0.1) is 11.3 Å². The van der Waals surface area contributed by atoms with Crippen LogP contribution >= 0.6 is 11.3 Å². The SMILES string of the molecule is Cc1ccc2sc(C)c(C(N)C(=O)O)c2c1. The minimum atomic E-state index is -0.982. The number of benzene rings is 1. The van der Waals surface area contributed by atoms with E-state index in [1.807, 2.05) is 32.0 Å². The van der Waals surface area contributed by atoms with Crippen LogP contribution in [0.1, 0.15) is 22.0 Å². The smallest absolute Gasteiger partial charge is 0.325 e. The lowest BCUT2D eigenvalue weighted by molar-refractivity contribution is -0.138. The van der Waals surface area contributed by atoms with E-state index in [1.54, 1.807) is 11.3 Å². The third-order valence-corrected chi connectivity index (χ3v) is 3.75. The molecule has 0 fully saturated rings. The highest BCUT2D eigenvalue weighted by Gasteiger charge is 2.21. The molecule has 2 rings (SSSR count). The second-order valence-electron chi connectivity index (χ2n) is 3.89. The van der Waals surface area contributed by atoms with Crippen molar-refractivity contribution in [3.8, 4) is 0 Å². The Bertz CT molecular complexity index is 559. The van der Waals surface area contributed by atoms with Crippen molar-refractivity contribution in [1.82, 2.24) is 0 Å². The lowest BCUT2D eigenvalue weighted by Crippen LogP contribution is -2.20. The number of aryl methyl sites for hydroxylation is 2. The first-order valence-corrected chi connectivity index (χ1v) is 5.80. The summed E-state index contributed by atoms with van der Waals surface area (Å²) in [5.74, 6) is -0.982. The second kappa shape index (κ2) is 3.88. The molecule has 0 saturated heterocycles. The first-order valence-electron chi connectivity index (χ1n) is 4.98. The number of hydrogen-bond donors (Lipinski definition) is 2. The molecule has 84 valence electrons. The van der Waals surface area contributed by atoms with Crippen LogP contribution in [0.15, 0.2) is 18.2 Å². The molecule has 0 saturated carbocycles. The van der Waals surface area contributed by atoms with E-state index in [0.29, 0.717) is 0 Å². The number of nitrogens with two attached hydrogens (primary N) is 1. The van der Waals surface area contributed by atoms with Gasteiger partial charge in [0.15, 0.2) is 0 Å². The van der Waals surface area contributed by atoms with E-state index in [1.165, 1.54) is 0 Å².